The Bertz CT molecular complexity index is 1520. The molecule has 0 unspecified atom stereocenters. The van der Waals surface area contributed by atoms with Crippen molar-refractivity contribution in [2.45, 2.75) is 27.7 Å². The number of hydrogen-bond donors (Lipinski definition) is 1. The minimum absolute atomic E-state index is 0.287. The highest BCUT2D eigenvalue weighted by Gasteiger charge is 2.35. The number of likely N-dealkylation sites (N-methyl/N-ethyl adjacent to an activating group) is 1. The number of carbonyl (C=O) groups excluding carboxylic acids is 1. The van der Waals surface area contributed by atoms with E-state index in [-0.39, 0.29) is 12.0 Å². The summed E-state index contributed by atoms with van der Waals surface area (Å²) in [6, 6.07) is 12.6. The fraction of sp³-hybridized carbons (Fsp3) is 0.346. The molecule has 0 saturated heterocycles. The molecule has 12 heteroatoms. The van der Waals surface area contributed by atoms with Crippen LogP contribution in [0.3, 0.4) is 0 Å². The summed E-state index contributed by atoms with van der Waals surface area (Å²) in [4.78, 5) is 24.1. The molecule has 4 rings (SSSR count). The maximum absolute atomic E-state index is 11.4. The van der Waals surface area contributed by atoms with Crippen LogP contribution in [0.1, 0.15) is 43.9 Å². The first-order valence-corrected chi connectivity index (χ1v) is 14.4. The summed E-state index contributed by atoms with van der Waals surface area (Å²) in [7, 11) is -3.26. The number of carbonyl (C=O) groups is 1. The Kier molecular flexibility index (Phi) is 7.82. The number of anilines is 1. The number of nitrogens with one attached hydrogen (secondary N) is 1. The van der Waals surface area contributed by atoms with Crippen LogP contribution in [-0.4, -0.2) is 66.9 Å². The van der Waals surface area contributed by atoms with E-state index in [0.717, 1.165) is 29.5 Å². The second-order valence-corrected chi connectivity index (χ2v) is 12.2. The zero-order valence-electron chi connectivity index (χ0n) is 21.9. The Morgan fingerprint density at radius 3 is 2.45 bits per heavy atom. The number of hydrogen-bond acceptors (Lipinski definition) is 8. The first kappa shape index (κ1) is 27.6. The average Bonchev–Trinajstić information content (AvgIpc) is 3.42. The first-order chi connectivity index (χ1) is 17.9. The predicted molar refractivity (Wildman–Crippen MR) is 152 cm³/mol. The van der Waals surface area contributed by atoms with Gasteiger partial charge in [-0.05, 0) is 25.1 Å². The summed E-state index contributed by atoms with van der Waals surface area (Å²) in [5.41, 5.74) is 3.74. The van der Waals surface area contributed by atoms with Crippen molar-refractivity contribution < 1.29 is 13.2 Å². The molecule has 1 aliphatic heterocycles. The second kappa shape index (κ2) is 10.8. The van der Waals surface area contributed by atoms with E-state index in [1.54, 1.807) is 24.3 Å². The van der Waals surface area contributed by atoms with E-state index in [9.17, 15) is 13.2 Å². The molecule has 2 heterocycles. The largest absolute Gasteiger partial charge is 0.370 e. The van der Waals surface area contributed by atoms with Crippen LogP contribution >= 0.6 is 11.6 Å². The van der Waals surface area contributed by atoms with Gasteiger partial charge in [-0.15, -0.1) is 9.89 Å². The molecule has 0 bridgehead atoms. The van der Waals surface area contributed by atoms with Gasteiger partial charge in [-0.2, -0.15) is 5.10 Å². The summed E-state index contributed by atoms with van der Waals surface area (Å²) in [6.07, 6.45) is 1.93. The molecule has 3 aromatic rings. The SMILES string of the molecule is CCN(CCNS(C)(=O)=O)c1ccc(N=C2C(C(C)(C)C)=Nn3nc(-c4ccc(C=O)cc4)nc32)c(Cl)c1. The molecule has 1 N–H and O–H groups in total. The maximum atomic E-state index is 11.4. The molecule has 0 amide bonds. The Morgan fingerprint density at radius 1 is 1.16 bits per heavy atom. The summed E-state index contributed by atoms with van der Waals surface area (Å²) in [5.74, 6) is 0.983. The second-order valence-electron chi connectivity index (χ2n) is 9.93. The van der Waals surface area contributed by atoms with Crippen LogP contribution in [0.4, 0.5) is 11.4 Å². The molecule has 0 radical (unpaired) electrons. The van der Waals surface area contributed by atoms with Gasteiger partial charge in [0.2, 0.25) is 15.8 Å². The number of rotatable bonds is 9. The monoisotopic (exact) mass is 555 g/mol. The lowest BCUT2D eigenvalue weighted by atomic mass is 9.87. The number of benzene rings is 2. The fourth-order valence-corrected chi connectivity index (χ4v) is 4.63. The lowest BCUT2D eigenvalue weighted by Gasteiger charge is -2.23. The Balaban J connectivity index is 1.67. The molecule has 2 aromatic carbocycles. The van der Waals surface area contributed by atoms with Crippen molar-refractivity contribution in [3.05, 3.63) is 58.9 Å². The number of nitrogens with zero attached hydrogens (tertiary/aromatic N) is 6. The van der Waals surface area contributed by atoms with E-state index in [0.29, 0.717) is 46.7 Å². The molecule has 0 atom stereocenters. The molecule has 38 heavy (non-hydrogen) atoms. The smallest absolute Gasteiger partial charge is 0.208 e. The topological polar surface area (TPSA) is 122 Å². The molecule has 1 aliphatic rings. The maximum Gasteiger partial charge on any atom is 0.208 e. The number of aromatic nitrogens is 3. The first-order valence-electron chi connectivity index (χ1n) is 12.1. The van der Waals surface area contributed by atoms with Gasteiger partial charge in [0.25, 0.3) is 0 Å². The van der Waals surface area contributed by atoms with Gasteiger partial charge in [0.1, 0.15) is 12.0 Å². The van der Waals surface area contributed by atoms with Gasteiger partial charge in [-0.1, -0.05) is 56.6 Å². The van der Waals surface area contributed by atoms with E-state index >= 15 is 0 Å². The Labute approximate surface area is 227 Å². The predicted octanol–water partition coefficient (Wildman–Crippen LogP) is 4.17. The third-order valence-corrected chi connectivity index (χ3v) is 6.92. The van der Waals surface area contributed by atoms with E-state index < -0.39 is 10.0 Å². The van der Waals surface area contributed by atoms with Crippen LogP contribution < -0.4 is 9.62 Å². The van der Waals surface area contributed by atoms with E-state index in [2.05, 4.69) is 14.9 Å². The minimum Gasteiger partial charge on any atom is -0.370 e. The van der Waals surface area contributed by atoms with Crippen LogP contribution in [0.2, 0.25) is 5.02 Å². The highest BCUT2D eigenvalue weighted by molar-refractivity contribution is 7.88. The van der Waals surface area contributed by atoms with Crippen LogP contribution in [0.5, 0.6) is 0 Å². The third kappa shape index (κ3) is 6.17. The van der Waals surface area contributed by atoms with E-state index in [1.807, 2.05) is 50.8 Å². The summed E-state index contributed by atoms with van der Waals surface area (Å²) < 4.78 is 25.3. The number of fused-ring (bicyclic) bond motifs is 1. The van der Waals surface area contributed by atoms with Gasteiger partial charge >= 0.3 is 0 Å². The standard InChI is InChI=1S/C26H30ClN7O3S/c1-6-33(14-13-28-38(5,36)37)19-11-12-21(20(27)15-19)29-22-23(26(2,3)4)31-34-25(22)30-24(32-34)18-9-7-17(16-35)8-10-18/h7-12,15-16,28H,6,13-14H2,1-5H3. The van der Waals surface area contributed by atoms with E-state index in [4.69, 9.17) is 21.6 Å². The third-order valence-electron chi connectivity index (χ3n) is 5.89. The number of halogens is 1. The lowest BCUT2D eigenvalue weighted by Crippen LogP contribution is -2.34. The highest BCUT2D eigenvalue weighted by Crippen LogP contribution is 2.33. The van der Waals surface area contributed by atoms with Gasteiger partial charge in [-0.25, -0.2) is 23.1 Å². The van der Waals surface area contributed by atoms with Crippen molar-refractivity contribution in [2.75, 3.05) is 30.8 Å². The van der Waals surface area contributed by atoms with Crippen molar-refractivity contribution in [2.24, 2.45) is 15.5 Å². The van der Waals surface area contributed by atoms with Gasteiger partial charge in [0, 0.05) is 41.9 Å². The van der Waals surface area contributed by atoms with Crippen LogP contribution in [0, 0.1) is 5.41 Å². The molecular formula is C26H30ClN7O3S. The number of sulfonamides is 1. The molecule has 0 saturated carbocycles. The number of aliphatic imine (C=N–C) groups is 1. The number of aldehydes is 1. The summed E-state index contributed by atoms with van der Waals surface area (Å²) in [6.45, 7) is 9.58. The summed E-state index contributed by atoms with van der Waals surface area (Å²) >= 11 is 6.68. The van der Waals surface area contributed by atoms with Gasteiger partial charge < -0.3 is 4.90 Å². The van der Waals surface area contributed by atoms with Crippen molar-refractivity contribution in [3.63, 3.8) is 0 Å². The van der Waals surface area contributed by atoms with Gasteiger partial charge in [0.15, 0.2) is 5.82 Å². The van der Waals surface area contributed by atoms with E-state index in [1.165, 1.54) is 4.79 Å². The Hall–Kier alpha value is -3.41. The highest BCUT2D eigenvalue weighted by atomic mass is 35.5. The van der Waals surface area contributed by atoms with Gasteiger partial charge in [-0.3, -0.25) is 4.79 Å². The fourth-order valence-electron chi connectivity index (χ4n) is 3.95. The molecule has 10 nitrogen and oxygen atoms in total. The van der Waals surface area contributed by atoms with Gasteiger partial charge in [0.05, 0.1) is 22.7 Å². The molecule has 0 aliphatic carbocycles. The zero-order valence-corrected chi connectivity index (χ0v) is 23.5. The normalized spacial score (nSPS) is 14.5. The molecule has 0 fully saturated rings. The van der Waals surface area contributed by atoms with Crippen molar-refractivity contribution in [3.8, 4) is 11.4 Å². The van der Waals surface area contributed by atoms with Crippen LogP contribution in [0.25, 0.3) is 11.4 Å². The minimum atomic E-state index is -3.26. The van der Waals surface area contributed by atoms with Crippen LogP contribution in [0.15, 0.2) is 52.6 Å². The zero-order chi connectivity index (χ0) is 27.7. The Morgan fingerprint density at radius 2 is 1.87 bits per heavy atom. The molecular weight excluding hydrogens is 526 g/mol. The average molecular weight is 556 g/mol. The van der Waals surface area contributed by atoms with Crippen molar-refractivity contribution in [1.82, 2.24) is 19.6 Å². The molecule has 1 aromatic heterocycles. The van der Waals surface area contributed by atoms with Crippen molar-refractivity contribution >= 4 is 50.7 Å². The van der Waals surface area contributed by atoms with Crippen LogP contribution in [-0.2, 0) is 10.0 Å². The summed E-state index contributed by atoms with van der Waals surface area (Å²) in [5, 5.41) is 9.68. The quantitative estimate of drug-likeness (QED) is 0.395. The lowest BCUT2D eigenvalue weighted by molar-refractivity contribution is 0.112. The van der Waals surface area contributed by atoms with Crippen molar-refractivity contribution in [1.29, 1.82) is 0 Å². The molecule has 200 valence electrons. The molecule has 0 spiro atoms.